The smallest absolute Gasteiger partial charge is 0.129 e. The molecule has 2 rings (SSSR count). The number of benzene rings is 1. The van der Waals surface area contributed by atoms with Gasteiger partial charge in [0.05, 0.1) is 4.90 Å². The summed E-state index contributed by atoms with van der Waals surface area (Å²) in [4.78, 5) is 0.996. The molecule has 1 fully saturated rings. The van der Waals surface area contributed by atoms with E-state index in [1.165, 1.54) is 5.56 Å². The summed E-state index contributed by atoms with van der Waals surface area (Å²) in [6, 6.07) is 5.73. The second-order valence-electron chi connectivity index (χ2n) is 3.84. The lowest BCUT2D eigenvalue weighted by Gasteiger charge is -2.17. The van der Waals surface area contributed by atoms with E-state index in [9.17, 15) is 5.11 Å². The van der Waals surface area contributed by atoms with Crippen molar-refractivity contribution in [3.05, 3.63) is 23.8 Å². The van der Waals surface area contributed by atoms with Gasteiger partial charge in [-0.2, -0.15) is 0 Å². The van der Waals surface area contributed by atoms with Crippen molar-refractivity contribution >= 4 is 11.8 Å². The largest absolute Gasteiger partial charge is 0.507 e. The van der Waals surface area contributed by atoms with E-state index in [2.05, 4.69) is 6.07 Å². The summed E-state index contributed by atoms with van der Waals surface area (Å²) in [6.45, 7) is 0.685. The molecule has 0 amide bonds. The Morgan fingerprint density at radius 2 is 2.21 bits per heavy atom. The molecule has 0 radical (unpaired) electrons. The third kappa shape index (κ3) is 1.41. The topological polar surface area (TPSA) is 46.2 Å². The van der Waals surface area contributed by atoms with Crippen molar-refractivity contribution < 1.29 is 5.11 Å². The Bertz CT molecular complexity index is 347. The van der Waals surface area contributed by atoms with Crippen LogP contribution in [0.15, 0.2) is 23.1 Å². The van der Waals surface area contributed by atoms with Crippen LogP contribution in [0.4, 0.5) is 0 Å². The van der Waals surface area contributed by atoms with Crippen LogP contribution in [0.2, 0.25) is 0 Å². The number of phenolic OH excluding ortho intramolecular Hbond substituents is 1. The summed E-state index contributed by atoms with van der Waals surface area (Å²) in [5, 5.41) is 9.72. The van der Waals surface area contributed by atoms with Gasteiger partial charge in [-0.25, -0.2) is 0 Å². The average molecular weight is 209 g/mol. The number of phenols is 1. The Morgan fingerprint density at radius 3 is 2.71 bits per heavy atom. The molecule has 0 aromatic heterocycles. The molecule has 14 heavy (non-hydrogen) atoms. The number of aromatic hydroxyl groups is 1. The molecule has 2 nitrogen and oxygen atoms in total. The van der Waals surface area contributed by atoms with Crippen LogP contribution in [0.25, 0.3) is 0 Å². The van der Waals surface area contributed by atoms with Gasteiger partial charge in [0.15, 0.2) is 0 Å². The predicted molar refractivity (Wildman–Crippen MR) is 59.9 cm³/mol. The highest BCUT2D eigenvalue weighted by Gasteiger charge is 2.44. The first-order valence-electron chi connectivity index (χ1n) is 4.80. The normalized spacial score (nSPS) is 18.1. The fraction of sp³-hybridized carbons (Fsp3) is 0.455. The van der Waals surface area contributed by atoms with Gasteiger partial charge in [-0.05, 0) is 30.7 Å². The zero-order chi connectivity index (χ0) is 10.2. The molecule has 0 bridgehead atoms. The Morgan fingerprint density at radius 1 is 1.50 bits per heavy atom. The van der Waals surface area contributed by atoms with E-state index in [1.807, 2.05) is 12.3 Å². The Hall–Kier alpha value is -0.670. The molecule has 0 aliphatic heterocycles. The van der Waals surface area contributed by atoms with Gasteiger partial charge in [0.25, 0.3) is 0 Å². The molecule has 0 heterocycles. The van der Waals surface area contributed by atoms with Crippen molar-refractivity contribution in [2.75, 3.05) is 12.8 Å². The second-order valence-corrected chi connectivity index (χ2v) is 4.66. The van der Waals surface area contributed by atoms with E-state index < -0.39 is 0 Å². The van der Waals surface area contributed by atoms with Crippen molar-refractivity contribution in [2.45, 2.75) is 23.2 Å². The van der Waals surface area contributed by atoms with E-state index in [0.717, 1.165) is 17.7 Å². The standard InChI is InChI=1S/C11H15NOS/c1-14-10-8(3-2-4-9(10)13)11(7-12)5-6-11/h2-4,13H,5-7,12H2,1H3. The number of hydrogen-bond donors (Lipinski definition) is 2. The van der Waals surface area contributed by atoms with E-state index in [-0.39, 0.29) is 5.41 Å². The van der Waals surface area contributed by atoms with E-state index in [4.69, 9.17) is 5.73 Å². The highest BCUT2D eigenvalue weighted by atomic mass is 32.2. The van der Waals surface area contributed by atoms with Crippen LogP contribution in [0.3, 0.4) is 0 Å². The fourth-order valence-corrected chi connectivity index (χ4v) is 2.67. The van der Waals surface area contributed by atoms with Gasteiger partial charge < -0.3 is 10.8 Å². The minimum atomic E-state index is 0.164. The quantitative estimate of drug-likeness (QED) is 0.749. The highest BCUT2D eigenvalue weighted by molar-refractivity contribution is 7.98. The number of rotatable bonds is 3. The molecule has 1 aromatic rings. The summed E-state index contributed by atoms with van der Waals surface area (Å²) in [5.41, 5.74) is 7.18. The molecule has 1 aliphatic rings. The molecule has 76 valence electrons. The van der Waals surface area contributed by atoms with Crippen molar-refractivity contribution in [3.8, 4) is 5.75 Å². The van der Waals surface area contributed by atoms with E-state index >= 15 is 0 Å². The van der Waals surface area contributed by atoms with Gasteiger partial charge in [-0.3, -0.25) is 0 Å². The second kappa shape index (κ2) is 3.48. The van der Waals surface area contributed by atoms with Crippen LogP contribution in [-0.4, -0.2) is 17.9 Å². The summed E-state index contributed by atoms with van der Waals surface area (Å²) >= 11 is 1.60. The molecule has 0 unspecified atom stereocenters. The van der Waals surface area contributed by atoms with Gasteiger partial charge in [-0.1, -0.05) is 12.1 Å². The lowest BCUT2D eigenvalue weighted by Crippen LogP contribution is -2.20. The van der Waals surface area contributed by atoms with Crippen molar-refractivity contribution in [3.63, 3.8) is 0 Å². The van der Waals surface area contributed by atoms with Crippen molar-refractivity contribution in [1.29, 1.82) is 0 Å². The van der Waals surface area contributed by atoms with Gasteiger partial charge in [-0.15, -0.1) is 11.8 Å². The Kier molecular flexibility index (Phi) is 2.45. The number of thioether (sulfide) groups is 1. The van der Waals surface area contributed by atoms with Gasteiger partial charge in [0.1, 0.15) is 5.75 Å². The maximum atomic E-state index is 9.72. The summed E-state index contributed by atoms with van der Waals surface area (Å²) in [6.07, 6.45) is 4.30. The maximum Gasteiger partial charge on any atom is 0.129 e. The molecule has 1 aromatic carbocycles. The lowest BCUT2D eigenvalue weighted by molar-refractivity contribution is 0.458. The molecule has 1 aliphatic carbocycles. The molecule has 1 saturated carbocycles. The van der Waals surface area contributed by atoms with Crippen molar-refractivity contribution in [1.82, 2.24) is 0 Å². The average Bonchev–Trinajstić information content (AvgIpc) is 2.98. The van der Waals surface area contributed by atoms with Gasteiger partial charge >= 0.3 is 0 Å². The number of hydrogen-bond acceptors (Lipinski definition) is 3. The monoisotopic (exact) mass is 209 g/mol. The molecule has 3 heteroatoms. The number of nitrogens with two attached hydrogens (primary N) is 1. The van der Waals surface area contributed by atoms with E-state index in [0.29, 0.717) is 12.3 Å². The van der Waals surface area contributed by atoms with Crippen LogP contribution < -0.4 is 5.73 Å². The first kappa shape index (κ1) is 9.87. The van der Waals surface area contributed by atoms with E-state index in [1.54, 1.807) is 17.8 Å². The minimum absolute atomic E-state index is 0.164. The van der Waals surface area contributed by atoms with Crippen molar-refractivity contribution in [2.24, 2.45) is 5.73 Å². The molecule has 0 atom stereocenters. The van der Waals surface area contributed by atoms with Crippen LogP contribution >= 0.6 is 11.8 Å². The zero-order valence-electron chi connectivity index (χ0n) is 8.29. The van der Waals surface area contributed by atoms with Gasteiger partial charge in [0.2, 0.25) is 0 Å². The third-order valence-electron chi connectivity index (χ3n) is 3.01. The third-order valence-corrected chi connectivity index (χ3v) is 3.85. The van der Waals surface area contributed by atoms with Crippen LogP contribution in [0.1, 0.15) is 18.4 Å². The molecule has 0 saturated heterocycles. The lowest BCUT2D eigenvalue weighted by atomic mass is 9.96. The van der Waals surface area contributed by atoms with Crippen LogP contribution in [0.5, 0.6) is 5.75 Å². The molecular formula is C11H15NOS. The molecule has 0 spiro atoms. The van der Waals surface area contributed by atoms with Gasteiger partial charge in [0, 0.05) is 12.0 Å². The summed E-state index contributed by atoms with van der Waals surface area (Å²) < 4.78 is 0. The first-order chi connectivity index (χ1) is 6.73. The zero-order valence-corrected chi connectivity index (χ0v) is 9.10. The minimum Gasteiger partial charge on any atom is -0.507 e. The fourth-order valence-electron chi connectivity index (χ4n) is 1.89. The molecule has 3 N–H and O–H groups in total. The van der Waals surface area contributed by atoms with Crippen LogP contribution in [-0.2, 0) is 5.41 Å². The molecular weight excluding hydrogens is 194 g/mol. The predicted octanol–water partition coefficient (Wildman–Crippen LogP) is 2.10. The SMILES string of the molecule is CSc1c(O)cccc1C1(CN)CC1. The Labute approximate surface area is 88.5 Å². The highest BCUT2D eigenvalue weighted by Crippen LogP contribution is 2.51. The Balaban J connectivity index is 2.47. The maximum absolute atomic E-state index is 9.72. The first-order valence-corrected chi connectivity index (χ1v) is 6.02. The van der Waals surface area contributed by atoms with Crippen LogP contribution in [0, 0.1) is 0 Å². The summed E-state index contributed by atoms with van der Waals surface area (Å²) in [7, 11) is 0. The summed E-state index contributed by atoms with van der Waals surface area (Å²) in [5.74, 6) is 0.384.